The number of anilines is 5. The largest absolute Gasteiger partial charge is 0.486 e. The van der Waals surface area contributed by atoms with Gasteiger partial charge in [0.25, 0.3) is 0 Å². The van der Waals surface area contributed by atoms with E-state index in [2.05, 4.69) is 195 Å². The second-order valence-corrected chi connectivity index (χ2v) is 26.2. The molecule has 0 spiro atoms. The summed E-state index contributed by atoms with van der Waals surface area (Å²) < 4.78 is 5.53. The summed E-state index contributed by atoms with van der Waals surface area (Å²) in [5.74, 6) is 9.36. The van der Waals surface area contributed by atoms with Gasteiger partial charge < -0.3 is 31.3 Å². The molecule has 7 aromatic heterocycles. The summed E-state index contributed by atoms with van der Waals surface area (Å²) in [7, 11) is 0. The number of aromatic nitrogens is 12. The van der Waals surface area contributed by atoms with Gasteiger partial charge in [0, 0.05) is 72.2 Å². The molecule has 0 bridgehead atoms. The number of nitrogens with one attached hydrogen (secondary N) is 5. The molecule has 0 saturated heterocycles. The van der Waals surface area contributed by atoms with Crippen molar-refractivity contribution in [3.05, 3.63) is 141 Å². The highest BCUT2D eigenvalue weighted by Gasteiger charge is 2.24. The summed E-state index contributed by atoms with van der Waals surface area (Å²) in [5, 5.41) is 16.1. The van der Waals surface area contributed by atoms with E-state index in [1.165, 1.54) is 120 Å². The van der Waals surface area contributed by atoms with Crippen molar-refractivity contribution in [3.8, 4) is 5.75 Å². The number of Topliss-reactive ketones (excluding diaryl/α,β-unsaturated/α-hetero) is 1. The number of hydrogen-bond acceptors (Lipinski definition) is 19. The van der Waals surface area contributed by atoms with Crippen LogP contribution in [0.3, 0.4) is 0 Å². The Balaban J connectivity index is 0.000000136. The maximum Gasteiger partial charge on any atom is 0.183 e. The predicted molar refractivity (Wildman–Crippen MR) is 363 cm³/mol. The molecule has 0 unspecified atom stereocenters. The number of nitrogens with zero attached hydrogens (tertiary/aromatic N) is 12. The van der Waals surface area contributed by atoms with Gasteiger partial charge in [0.1, 0.15) is 61.5 Å². The molecule has 0 atom stereocenters. The number of rotatable bonds is 7. The van der Waals surface area contributed by atoms with Crippen molar-refractivity contribution in [1.29, 1.82) is 0 Å². The van der Waals surface area contributed by atoms with Gasteiger partial charge in [0.15, 0.2) is 17.4 Å². The first-order chi connectivity index (χ1) is 43.4. The van der Waals surface area contributed by atoms with Gasteiger partial charge in [-0.05, 0) is 158 Å². The molecule has 90 heavy (non-hydrogen) atoms. The van der Waals surface area contributed by atoms with Gasteiger partial charge in [-0.1, -0.05) is 96.9 Å². The second kappa shape index (κ2) is 33.3. The molecule has 0 amide bonds. The molecular weight excluding hydrogens is 1120 g/mol. The van der Waals surface area contributed by atoms with Crippen molar-refractivity contribution >= 4 is 34.9 Å². The van der Waals surface area contributed by atoms with E-state index in [0.717, 1.165) is 97.2 Å². The number of ketones is 1. The number of ether oxygens (including phenoxy) is 1. The summed E-state index contributed by atoms with van der Waals surface area (Å²) in [5.41, 5.74) is 19.3. The average molecular weight is 1220 g/mol. The predicted octanol–water partition coefficient (Wildman–Crippen LogP) is 13.8. The number of fused-ring (bicyclic) bond motifs is 7. The van der Waals surface area contributed by atoms with Crippen LogP contribution in [0.5, 0.6) is 5.75 Å². The smallest absolute Gasteiger partial charge is 0.183 e. The van der Waals surface area contributed by atoms with Crippen LogP contribution in [0.4, 0.5) is 29.1 Å². The zero-order chi connectivity index (χ0) is 64.3. The van der Waals surface area contributed by atoms with Gasteiger partial charge in [-0.25, -0.2) is 54.8 Å². The molecule has 12 heterocycles. The lowest BCUT2D eigenvalue weighted by atomic mass is 9.88. The SMILES string of the molecule is CC(C)c1ccnc2c1CCCC2.CC(C)c1ccnc2c1CCCN2.CC(C)c1ncnc2c1CC(=O)CN2.CC(C)c1ncnc2c1CCC2.CC(C)c1ncnc2c1CCCN2.CC(C)c1ncnc2c1CCN2.CC(C)c1ncnc2c1OCCN2. The number of carbonyl (C=O) groups excluding carboxylic acids is 1. The molecule has 0 aromatic carbocycles. The Labute approximate surface area is 535 Å². The highest BCUT2D eigenvalue weighted by atomic mass is 16.5. The van der Waals surface area contributed by atoms with Crippen LogP contribution >= 0.6 is 0 Å². The van der Waals surface area contributed by atoms with Crippen molar-refractivity contribution in [2.75, 3.05) is 65.9 Å². The van der Waals surface area contributed by atoms with Gasteiger partial charge in [0.05, 0.1) is 35.9 Å². The van der Waals surface area contributed by atoms with Gasteiger partial charge >= 0.3 is 0 Å². The molecule has 5 aliphatic heterocycles. The molecule has 19 heteroatoms. The molecule has 0 saturated carbocycles. The van der Waals surface area contributed by atoms with E-state index in [9.17, 15) is 4.79 Å². The minimum Gasteiger partial charge on any atom is -0.486 e. The average Bonchev–Trinajstić information content (AvgIpc) is 2.16. The van der Waals surface area contributed by atoms with Crippen LogP contribution in [0.25, 0.3) is 0 Å². The van der Waals surface area contributed by atoms with Gasteiger partial charge in [-0.2, -0.15) is 0 Å². The van der Waals surface area contributed by atoms with Crippen LogP contribution in [0.1, 0.15) is 255 Å². The minimum absolute atomic E-state index is 0.203. The van der Waals surface area contributed by atoms with Crippen molar-refractivity contribution in [2.45, 2.75) is 222 Å². The maximum atomic E-state index is 11.3. The minimum atomic E-state index is 0.203. The number of aryl methyl sites for hydroxylation is 2. The van der Waals surface area contributed by atoms with Crippen LogP contribution in [0, 0.1) is 0 Å². The molecule has 2 aliphatic carbocycles. The highest BCUT2D eigenvalue weighted by Crippen LogP contribution is 2.34. The Kier molecular flexibility index (Phi) is 25.2. The van der Waals surface area contributed by atoms with Crippen LogP contribution in [0.15, 0.2) is 56.2 Å². The van der Waals surface area contributed by atoms with Crippen LogP contribution in [-0.4, -0.2) is 105 Å². The normalized spacial score (nSPS) is 15.2. The van der Waals surface area contributed by atoms with E-state index in [-0.39, 0.29) is 5.78 Å². The van der Waals surface area contributed by atoms with Crippen molar-refractivity contribution in [2.24, 2.45) is 0 Å². The van der Waals surface area contributed by atoms with E-state index in [0.29, 0.717) is 61.0 Å². The first-order valence-corrected chi connectivity index (χ1v) is 33.4. The molecular formula is C71H101N17O2. The Morgan fingerprint density at radius 3 is 1.37 bits per heavy atom. The third-order valence-corrected chi connectivity index (χ3v) is 16.9. The fourth-order valence-corrected chi connectivity index (χ4v) is 12.5. The summed E-state index contributed by atoms with van der Waals surface area (Å²) in [6, 6.07) is 4.34. The third-order valence-electron chi connectivity index (χ3n) is 16.9. The molecule has 5 N–H and O–H groups in total. The Morgan fingerprint density at radius 1 is 0.344 bits per heavy atom. The van der Waals surface area contributed by atoms with E-state index in [1.807, 2.05) is 12.4 Å². The zero-order valence-corrected chi connectivity index (χ0v) is 56.4. The summed E-state index contributed by atoms with van der Waals surface area (Å²) >= 11 is 0. The molecule has 482 valence electrons. The number of carbonyl (C=O) groups is 1. The maximum absolute atomic E-state index is 11.3. The fourth-order valence-electron chi connectivity index (χ4n) is 12.5. The Bertz CT molecular complexity index is 3140. The van der Waals surface area contributed by atoms with E-state index in [4.69, 9.17) is 4.74 Å². The monoisotopic (exact) mass is 1220 g/mol. The van der Waals surface area contributed by atoms with Crippen molar-refractivity contribution < 1.29 is 9.53 Å². The molecule has 0 radical (unpaired) electrons. The van der Waals surface area contributed by atoms with Gasteiger partial charge in [-0.15, -0.1) is 0 Å². The van der Waals surface area contributed by atoms with Crippen LogP contribution in [0.2, 0.25) is 0 Å². The lowest BCUT2D eigenvalue weighted by Crippen LogP contribution is -2.25. The Hall–Kier alpha value is -7.83. The molecule has 19 nitrogen and oxygen atoms in total. The van der Waals surface area contributed by atoms with E-state index < -0.39 is 0 Å². The zero-order valence-electron chi connectivity index (χ0n) is 56.4. The second-order valence-electron chi connectivity index (χ2n) is 26.2. The summed E-state index contributed by atoms with van der Waals surface area (Å²) in [6.45, 7) is 35.5. The number of hydrogen-bond donors (Lipinski definition) is 5. The van der Waals surface area contributed by atoms with Crippen LogP contribution in [-0.2, 0) is 56.2 Å². The third kappa shape index (κ3) is 18.0. The first-order valence-electron chi connectivity index (χ1n) is 33.4. The lowest BCUT2D eigenvalue weighted by molar-refractivity contribution is -0.117. The van der Waals surface area contributed by atoms with Crippen molar-refractivity contribution in [1.82, 2.24) is 59.8 Å². The highest BCUT2D eigenvalue weighted by molar-refractivity contribution is 5.89. The summed E-state index contributed by atoms with van der Waals surface area (Å²) in [6.07, 6.45) is 27.0. The topological polar surface area (TPSA) is 241 Å². The fraction of sp³-hybridized carbons (Fsp3) is 0.563. The van der Waals surface area contributed by atoms with Crippen LogP contribution < -0.4 is 31.3 Å². The van der Waals surface area contributed by atoms with Gasteiger partial charge in [-0.3, -0.25) is 9.78 Å². The first kappa shape index (κ1) is 68.1. The molecule has 7 aromatic rings. The lowest BCUT2D eigenvalue weighted by Gasteiger charge is -2.21. The quantitative estimate of drug-likeness (QED) is 0.0996. The summed E-state index contributed by atoms with van der Waals surface area (Å²) in [4.78, 5) is 62.5. The van der Waals surface area contributed by atoms with Crippen molar-refractivity contribution in [3.63, 3.8) is 0 Å². The van der Waals surface area contributed by atoms with E-state index in [1.54, 1.807) is 37.2 Å². The Morgan fingerprint density at radius 2 is 0.767 bits per heavy atom. The number of pyridine rings is 2. The molecule has 0 fully saturated rings. The standard InChI is InChI=1S/C12H17N.C11H16N2.C10H13N3O.C10H15N3.C10H14N2.C9H13N3O.C9H13N3/c1-9(2)10-7-8-13-12-6-4-3-5-11(10)12;1-8(2)9-5-7-13-11-10(9)4-3-6-12-11;1-6(2)9-8-3-7(14)4-11-10(8)13-5-12-9;1-7(2)9-8-4-3-5-11-10(8)13-6-12-9;1-7(2)10-8-4-3-5-9(8)11-6-12-10;1-6(2)7-8-9(12-5-11-7)10-3-4-13-8;1-6(2)8-7-3-4-10-9(7)12-5-11-8/h7-9H,3-6H2,1-2H3;5,7-8H,3-4,6H2,1-2H3,(H,12,13);5-6H,3-4H2,1-2H3,(H,11,12,13);6-7H,3-5H2,1-2H3,(H,11,12,13);6-7H,3-5H2,1-2H3;5-6H,3-4H2,1-2H3,(H,10,11,12);5-6H,3-4H2,1-2H3,(H,10,11,12). The van der Waals surface area contributed by atoms with E-state index >= 15 is 0 Å². The molecule has 7 aliphatic rings. The van der Waals surface area contributed by atoms with Gasteiger partial charge in [0.2, 0.25) is 0 Å². The molecule has 14 rings (SSSR count).